The summed E-state index contributed by atoms with van der Waals surface area (Å²) in [7, 11) is 0. The Bertz CT molecular complexity index is 1840. The quantitative estimate of drug-likeness (QED) is 0.0860. The van der Waals surface area contributed by atoms with Crippen molar-refractivity contribution in [3.8, 4) is 34.4 Å². The van der Waals surface area contributed by atoms with Crippen LogP contribution in [0, 0.1) is 18.3 Å². The Morgan fingerprint density at radius 2 is 1.47 bits per heavy atom. The van der Waals surface area contributed by atoms with Gasteiger partial charge in [-0.05, 0) is 59.0 Å². The van der Waals surface area contributed by atoms with Crippen LogP contribution in [0.3, 0.4) is 0 Å². The number of hydrogen-bond acceptors (Lipinski definition) is 9. The zero-order valence-corrected chi connectivity index (χ0v) is 27.7. The van der Waals surface area contributed by atoms with Gasteiger partial charge < -0.3 is 35.1 Å². The van der Waals surface area contributed by atoms with E-state index in [9.17, 15) is 10.4 Å². The highest BCUT2D eigenvalue weighted by Gasteiger charge is 2.13. The second-order valence-corrected chi connectivity index (χ2v) is 11.5. The molecule has 0 spiro atoms. The fourth-order valence-corrected chi connectivity index (χ4v) is 5.39. The number of nitriles is 1. The Morgan fingerprint density at radius 1 is 0.694 bits per heavy atom. The van der Waals surface area contributed by atoms with Gasteiger partial charge >= 0.3 is 0 Å². The average molecular weight is 659 g/mol. The van der Waals surface area contributed by atoms with Gasteiger partial charge in [-0.1, -0.05) is 60.7 Å². The van der Waals surface area contributed by atoms with Crippen molar-refractivity contribution in [3.05, 3.63) is 142 Å². The number of aryl methyl sites for hydroxylation is 1. The molecule has 0 saturated heterocycles. The predicted octanol–water partition coefficient (Wildman–Crippen LogP) is 5.83. The van der Waals surface area contributed by atoms with E-state index in [4.69, 9.17) is 19.3 Å². The van der Waals surface area contributed by atoms with Crippen molar-refractivity contribution in [2.45, 2.75) is 39.8 Å². The van der Waals surface area contributed by atoms with Gasteiger partial charge in [-0.2, -0.15) is 5.26 Å². The topological polar surface area (TPSA) is 129 Å². The van der Waals surface area contributed by atoms with Crippen molar-refractivity contribution in [2.24, 2.45) is 0 Å². The van der Waals surface area contributed by atoms with Crippen LogP contribution in [0.25, 0.3) is 11.1 Å². The van der Waals surface area contributed by atoms with Crippen LogP contribution in [0.2, 0.25) is 0 Å². The van der Waals surface area contributed by atoms with Crippen LogP contribution in [0.1, 0.15) is 38.9 Å². The molecule has 252 valence electrons. The first-order valence-electron chi connectivity index (χ1n) is 16.3. The van der Waals surface area contributed by atoms with Crippen molar-refractivity contribution in [2.75, 3.05) is 26.3 Å². The van der Waals surface area contributed by atoms with Crippen LogP contribution in [0.4, 0.5) is 0 Å². The van der Waals surface area contributed by atoms with E-state index < -0.39 is 0 Å². The highest BCUT2D eigenvalue weighted by molar-refractivity contribution is 5.72. The SMILES string of the molecule is Cc1cc(CNCCO)ccc1OCc1cccc(-c2cccc(COc3ccc(CNCCO)c(OCc4cccnc4)c3)c2C#N)c1. The van der Waals surface area contributed by atoms with Gasteiger partial charge in [0.05, 0.1) is 18.8 Å². The number of aromatic nitrogens is 1. The van der Waals surface area contributed by atoms with E-state index in [1.54, 1.807) is 12.4 Å². The van der Waals surface area contributed by atoms with Gasteiger partial charge in [0.2, 0.25) is 0 Å². The summed E-state index contributed by atoms with van der Waals surface area (Å²) >= 11 is 0. The van der Waals surface area contributed by atoms with Crippen molar-refractivity contribution >= 4 is 0 Å². The smallest absolute Gasteiger partial charge is 0.127 e. The Kier molecular flexibility index (Phi) is 13.1. The standard InChI is InChI=1S/C40H42N4O5/c1-29-19-30(23-43-15-17-45)10-13-39(29)48-26-31-5-2-7-33(20-31)37-9-3-8-35(38(37)22-41)28-47-36-12-11-34(25-44-16-18-46)40(21-36)49-27-32-6-4-14-42-24-32/h2-14,19-21,24,43-46H,15-18,23,25-28H2,1H3. The highest BCUT2D eigenvalue weighted by atomic mass is 16.5. The summed E-state index contributed by atoms with van der Waals surface area (Å²) < 4.78 is 18.6. The second-order valence-electron chi connectivity index (χ2n) is 11.5. The molecule has 5 rings (SSSR count). The molecule has 4 N–H and O–H groups in total. The first-order valence-corrected chi connectivity index (χ1v) is 16.3. The number of benzene rings is 4. The number of hydrogen-bond donors (Lipinski definition) is 4. The van der Waals surface area contributed by atoms with E-state index >= 15 is 0 Å². The molecule has 9 heteroatoms. The van der Waals surface area contributed by atoms with Crippen LogP contribution < -0.4 is 24.8 Å². The van der Waals surface area contributed by atoms with Gasteiger partial charge in [0.25, 0.3) is 0 Å². The lowest BCUT2D eigenvalue weighted by molar-refractivity contribution is 0.282. The minimum atomic E-state index is 0.0472. The monoisotopic (exact) mass is 658 g/mol. The fourth-order valence-electron chi connectivity index (χ4n) is 5.39. The Morgan fingerprint density at radius 3 is 2.24 bits per heavy atom. The van der Waals surface area contributed by atoms with Crippen LogP contribution >= 0.6 is 0 Å². The number of nitrogens with one attached hydrogen (secondary N) is 2. The number of nitrogens with zero attached hydrogens (tertiary/aromatic N) is 2. The zero-order chi connectivity index (χ0) is 34.3. The lowest BCUT2D eigenvalue weighted by Gasteiger charge is -2.16. The van der Waals surface area contributed by atoms with Gasteiger partial charge in [-0.25, -0.2) is 0 Å². The molecule has 0 aliphatic rings. The van der Waals surface area contributed by atoms with E-state index in [1.807, 2.05) is 85.8 Å². The molecule has 1 heterocycles. The van der Waals surface area contributed by atoms with Gasteiger partial charge in [-0.15, -0.1) is 0 Å². The number of ether oxygens (including phenoxy) is 3. The largest absolute Gasteiger partial charge is 0.489 e. The number of rotatable bonds is 18. The Hall–Kier alpha value is -5.24. The van der Waals surface area contributed by atoms with Crippen molar-refractivity contribution in [1.29, 1.82) is 5.26 Å². The van der Waals surface area contributed by atoms with Crippen molar-refractivity contribution in [3.63, 3.8) is 0 Å². The normalized spacial score (nSPS) is 10.8. The predicted molar refractivity (Wildman–Crippen MR) is 189 cm³/mol. The molecule has 4 aromatic carbocycles. The average Bonchev–Trinajstić information content (AvgIpc) is 3.14. The summed E-state index contributed by atoms with van der Waals surface area (Å²) in [6, 6.07) is 31.9. The molecule has 1 aromatic heterocycles. The minimum absolute atomic E-state index is 0.0472. The van der Waals surface area contributed by atoms with Gasteiger partial charge in [0, 0.05) is 61.3 Å². The molecule has 49 heavy (non-hydrogen) atoms. The van der Waals surface area contributed by atoms with Crippen LogP contribution in [0.5, 0.6) is 17.2 Å². The maximum absolute atomic E-state index is 10.3. The lowest BCUT2D eigenvalue weighted by atomic mass is 9.95. The van der Waals surface area contributed by atoms with Crippen LogP contribution in [-0.2, 0) is 32.9 Å². The van der Waals surface area contributed by atoms with E-state index in [-0.39, 0.29) is 19.8 Å². The van der Waals surface area contributed by atoms with Gasteiger partial charge in [0.1, 0.15) is 43.1 Å². The summed E-state index contributed by atoms with van der Waals surface area (Å²) in [6.45, 7) is 5.37. The van der Waals surface area contributed by atoms with Crippen molar-refractivity contribution in [1.82, 2.24) is 15.6 Å². The summed E-state index contributed by atoms with van der Waals surface area (Å²) in [5, 5.41) is 34.8. The Balaban J connectivity index is 1.27. The number of aliphatic hydroxyl groups is 2. The number of aliphatic hydroxyl groups excluding tert-OH is 2. The van der Waals surface area contributed by atoms with Crippen LogP contribution in [0.15, 0.2) is 103 Å². The first kappa shape index (κ1) is 35.1. The van der Waals surface area contributed by atoms with Gasteiger partial charge in [0.15, 0.2) is 0 Å². The molecule has 0 bridgehead atoms. The third-order valence-electron chi connectivity index (χ3n) is 7.91. The molecular weight excluding hydrogens is 616 g/mol. The summed E-state index contributed by atoms with van der Waals surface area (Å²) in [5.41, 5.74) is 8.12. The first-order chi connectivity index (χ1) is 24.1. The molecule has 9 nitrogen and oxygen atoms in total. The molecule has 0 radical (unpaired) electrons. The molecule has 0 atom stereocenters. The minimum Gasteiger partial charge on any atom is -0.489 e. The Labute approximate surface area is 287 Å². The second kappa shape index (κ2) is 18.3. The zero-order valence-electron chi connectivity index (χ0n) is 27.7. The summed E-state index contributed by atoms with van der Waals surface area (Å²) in [5.74, 6) is 2.10. The van der Waals surface area contributed by atoms with Crippen LogP contribution in [-0.4, -0.2) is 41.5 Å². The molecular formula is C40H42N4O5. The molecule has 0 aliphatic carbocycles. The number of pyridine rings is 1. The molecule has 0 fully saturated rings. The summed E-state index contributed by atoms with van der Waals surface area (Å²) in [4.78, 5) is 4.16. The molecule has 0 amide bonds. The molecule has 0 unspecified atom stereocenters. The third kappa shape index (κ3) is 10.1. The lowest BCUT2D eigenvalue weighted by Crippen LogP contribution is -2.18. The highest BCUT2D eigenvalue weighted by Crippen LogP contribution is 2.30. The third-order valence-corrected chi connectivity index (χ3v) is 7.91. The molecule has 0 aliphatic heterocycles. The molecule has 5 aromatic rings. The van der Waals surface area contributed by atoms with Crippen molar-refractivity contribution < 1.29 is 24.4 Å². The van der Waals surface area contributed by atoms with E-state index in [0.29, 0.717) is 56.5 Å². The maximum Gasteiger partial charge on any atom is 0.127 e. The van der Waals surface area contributed by atoms with Gasteiger partial charge in [-0.3, -0.25) is 4.98 Å². The van der Waals surface area contributed by atoms with E-state index in [1.165, 1.54) is 0 Å². The maximum atomic E-state index is 10.3. The summed E-state index contributed by atoms with van der Waals surface area (Å²) in [6.07, 6.45) is 3.49. The fraction of sp³-hybridized carbons (Fsp3) is 0.250. The van der Waals surface area contributed by atoms with E-state index in [0.717, 1.165) is 50.3 Å². The molecule has 0 saturated carbocycles. The van der Waals surface area contributed by atoms with E-state index in [2.05, 4.69) is 33.8 Å².